The van der Waals surface area contributed by atoms with E-state index >= 15 is 0 Å². The number of nitrogens with one attached hydrogen (secondary N) is 2. The molecule has 5 rings (SSSR count). The first-order valence-electron chi connectivity index (χ1n) is 9.58. The van der Waals surface area contributed by atoms with Crippen molar-refractivity contribution in [1.82, 2.24) is 0 Å². The predicted octanol–water partition coefficient (Wildman–Crippen LogP) is 6.13. The van der Waals surface area contributed by atoms with Crippen LogP contribution in [0, 0.1) is 17.8 Å². The van der Waals surface area contributed by atoms with Crippen molar-refractivity contribution in [2.75, 3.05) is 10.6 Å². The number of hydrogen-bond acceptors (Lipinski definition) is 3. The van der Waals surface area contributed by atoms with Crippen LogP contribution in [0.3, 0.4) is 0 Å². The van der Waals surface area contributed by atoms with Crippen molar-refractivity contribution in [3.8, 4) is 0 Å². The van der Waals surface area contributed by atoms with Gasteiger partial charge in [-0.25, -0.2) is 0 Å². The fourth-order valence-electron chi connectivity index (χ4n) is 5.85. The van der Waals surface area contributed by atoms with E-state index in [9.17, 15) is 0 Å². The molecule has 1 aliphatic heterocycles. The molecule has 5 atom stereocenters. The molecule has 2 saturated carbocycles. The Morgan fingerprint density at radius 1 is 1.11 bits per heavy atom. The smallest absolute Gasteiger partial charge is 0.0930 e. The fourth-order valence-corrected chi connectivity index (χ4v) is 6.48. The van der Waals surface area contributed by atoms with E-state index in [2.05, 4.69) is 29.3 Å². The molecule has 0 amide bonds. The third-order valence-electron chi connectivity index (χ3n) is 6.70. The highest BCUT2D eigenvalue weighted by Gasteiger charge is 2.54. The fraction of sp³-hybridized carbons (Fsp3) is 0.364. The van der Waals surface area contributed by atoms with Crippen LogP contribution in [-0.4, -0.2) is 0 Å². The van der Waals surface area contributed by atoms with Crippen molar-refractivity contribution in [3.05, 3.63) is 70.0 Å². The first kappa shape index (κ1) is 17.3. The van der Waals surface area contributed by atoms with Gasteiger partial charge < -0.3 is 16.4 Å². The maximum absolute atomic E-state index is 6.61. The van der Waals surface area contributed by atoms with Gasteiger partial charge in [-0.3, -0.25) is 0 Å². The summed E-state index contributed by atoms with van der Waals surface area (Å²) < 4.78 is 0. The van der Waals surface area contributed by atoms with E-state index in [1.54, 1.807) is 0 Å². The Kier molecular flexibility index (Phi) is 4.06. The molecule has 2 aliphatic carbocycles. The largest absolute Gasteiger partial charge is 0.386 e. The molecule has 2 aromatic carbocycles. The standard InChI is InChI=1S/C22H23Cl2N3/c1-11(25)26-14-7-8-18-15(10-14)19-12-5-6-13(9-12)20(19)22(27-18)21-16(23)3-2-4-17(21)24/h2-4,7-8,10,12-13,19-20,22,26-27H,1,5-6,9,25H2. The summed E-state index contributed by atoms with van der Waals surface area (Å²) in [6, 6.07) is 12.4. The van der Waals surface area contributed by atoms with Crippen molar-refractivity contribution >= 4 is 34.6 Å². The van der Waals surface area contributed by atoms with E-state index in [0.717, 1.165) is 33.1 Å². The molecule has 140 valence electrons. The van der Waals surface area contributed by atoms with E-state index in [-0.39, 0.29) is 6.04 Å². The van der Waals surface area contributed by atoms with Crippen molar-refractivity contribution < 1.29 is 0 Å². The van der Waals surface area contributed by atoms with Gasteiger partial charge in [0, 0.05) is 27.0 Å². The minimum Gasteiger partial charge on any atom is -0.386 e. The van der Waals surface area contributed by atoms with Crippen LogP contribution in [0.4, 0.5) is 11.4 Å². The van der Waals surface area contributed by atoms with Gasteiger partial charge in [0.1, 0.15) is 0 Å². The highest BCUT2D eigenvalue weighted by Crippen LogP contribution is 2.64. The molecule has 0 saturated heterocycles. The molecule has 0 radical (unpaired) electrons. The molecule has 0 spiro atoms. The second kappa shape index (κ2) is 6.35. The Bertz CT molecular complexity index is 906. The lowest BCUT2D eigenvalue weighted by Gasteiger charge is -2.44. The second-order valence-electron chi connectivity index (χ2n) is 8.15. The average Bonchev–Trinajstić information content (AvgIpc) is 3.23. The van der Waals surface area contributed by atoms with Crippen LogP contribution in [0.1, 0.15) is 42.3 Å². The third kappa shape index (κ3) is 2.71. The molecule has 2 bridgehead atoms. The lowest BCUT2D eigenvalue weighted by Crippen LogP contribution is -2.35. The molecule has 2 fully saturated rings. The molecule has 27 heavy (non-hydrogen) atoms. The number of benzene rings is 2. The minimum atomic E-state index is 0.155. The number of hydrogen-bond donors (Lipinski definition) is 3. The maximum Gasteiger partial charge on any atom is 0.0930 e. The lowest BCUT2D eigenvalue weighted by molar-refractivity contribution is 0.248. The maximum atomic E-state index is 6.61. The predicted molar refractivity (Wildman–Crippen MR) is 113 cm³/mol. The molecule has 3 nitrogen and oxygen atoms in total. The van der Waals surface area contributed by atoms with Gasteiger partial charge in [0.15, 0.2) is 0 Å². The topological polar surface area (TPSA) is 50.1 Å². The molecule has 5 heteroatoms. The summed E-state index contributed by atoms with van der Waals surface area (Å²) in [7, 11) is 0. The van der Waals surface area contributed by atoms with Crippen molar-refractivity contribution in [2.24, 2.45) is 23.5 Å². The zero-order valence-electron chi connectivity index (χ0n) is 15.0. The van der Waals surface area contributed by atoms with Gasteiger partial charge in [-0.2, -0.15) is 0 Å². The van der Waals surface area contributed by atoms with Gasteiger partial charge in [-0.15, -0.1) is 0 Å². The van der Waals surface area contributed by atoms with Gasteiger partial charge in [0.25, 0.3) is 0 Å². The zero-order chi connectivity index (χ0) is 18.7. The van der Waals surface area contributed by atoms with Crippen LogP contribution in [0.25, 0.3) is 0 Å². The van der Waals surface area contributed by atoms with Gasteiger partial charge in [-0.05, 0) is 78.8 Å². The number of fused-ring (bicyclic) bond motifs is 7. The number of halogens is 2. The van der Waals surface area contributed by atoms with Crippen molar-refractivity contribution in [3.63, 3.8) is 0 Å². The molecule has 1 heterocycles. The molecule has 2 aromatic rings. The van der Waals surface area contributed by atoms with Gasteiger partial charge >= 0.3 is 0 Å². The molecule has 3 aliphatic rings. The summed E-state index contributed by atoms with van der Waals surface area (Å²) in [5, 5.41) is 8.44. The summed E-state index contributed by atoms with van der Waals surface area (Å²) in [5.74, 6) is 2.97. The van der Waals surface area contributed by atoms with E-state index in [1.165, 1.54) is 30.5 Å². The second-order valence-corrected chi connectivity index (χ2v) is 8.96. The molecule has 4 N–H and O–H groups in total. The summed E-state index contributed by atoms with van der Waals surface area (Å²) in [6.45, 7) is 3.76. The van der Waals surface area contributed by atoms with E-state index in [4.69, 9.17) is 28.9 Å². The molecular formula is C22H23Cl2N3. The Balaban J connectivity index is 1.63. The first-order chi connectivity index (χ1) is 13.0. The van der Waals surface area contributed by atoms with Gasteiger partial charge in [0.05, 0.1) is 11.9 Å². The van der Waals surface area contributed by atoms with Crippen LogP contribution < -0.4 is 16.4 Å². The van der Waals surface area contributed by atoms with Gasteiger partial charge in [0.2, 0.25) is 0 Å². The van der Waals surface area contributed by atoms with E-state index in [1.807, 2.05) is 24.3 Å². The third-order valence-corrected chi connectivity index (χ3v) is 7.36. The summed E-state index contributed by atoms with van der Waals surface area (Å²) in [5.41, 5.74) is 10.4. The highest BCUT2D eigenvalue weighted by molar-refractivity contribution is 6.36. The van der Waals surface area contributed by atoms with Crippen LogP contribution in [0.15, 0.2) is 48.8 Å². The van der Waals surface area contributed by atoms with Crippen molar-refractivity contribution in [1.29, 1.82) is 0 Å². The number of rotatable bonds is 3. The summed E-state index contributed by atoms with van der Waals surface area (Å²) in [6.07, 6.45) is 3.92. The van der Waals surface area contributed by atoms with Crippen LogP contribution in [0.5, 0.6) is 0 Å². The van der Waals surface area contributed by atoms with Crippen LogP contribution in [-0.2, 0) is 0 Å². The highest BCUT2D eigenvalue weighted by atomic mass is 35.5. The summed E-state index contributed by atoms with van der Waals surface area (Å²) >= 11 is 13.2. The van der Waals surface area contributed by atoms with Crippen molar-refractivity contribution in [2.45, 2.75) is 31.2 Å². The lowest BCUT2D eigenvalue weighted by atomic mass is 9.68. The molecular weight excluding hydrogens is 377 g/mol. The van der Waals surface area contributed by atoms with Crippen LogP contribution in [0.2, 0.25) is 10.0 Å². The van der Waals surface area contributed by atoms with E-state index in [0.29, 0.717) is 17.7 Å². The SMILES string of the molecule is C=C(N)Nc1ccc2c(c1)C1C3CCC(C3)C1C(c1c(Cl)cccc1Cl)N2. The van der Waals surface area contributed by atoms with E-state index < -0.39 is 0 Å². The minimum absolute atomic E-state index is 0.155. The average molecular weight is 400 g/mol. The Morgan fingerprint density at radius 3 is 2.59 bits per heavy atom. The van der Waals surface area contributed by atoms with Crippen LogP contribution >= 0.6 is 23.2 Å². The molecule has 0 aromatic heterocycles. The molecule has 5 unspecified atom stereocenters. The quantitative estimate of drug-likeness (QED) is 0.581. The zero-order valence-corrected chi connectivity index (χ0v) is 16.5. The number of nitrogens with two attached hydrogens (primary N) is 1. The number of anilines is 2. The van der Waals surface area contributed by atoms with Gasteiger partial charge in [-0.1, -0.05) is 35.8 Å². The monoisotopic (exact) mass is 399 g/mol. The Morgan fingerprint density at radius 2 is 1.85 bits per heavy atom. The summed E-state index contributed by atoms with van der Waals surface area (Å²) in [4.78, 5) is 0. The Hall–Kier alpha value is -1.84. The Labute approximate surface area is 169 Å². The normalized spacial score (nSPS) is 30.4. The first-order valence-corrected chi connectivity index (χ1v) is 10.3.